The second kappa shape index (κ2) is 7.74. The molecule has 0 aliphatic carbocycles. The molecule has 1 aromatic rings. The van der Waals surface area contributed by atoms with Crippen LogP contribution in [-0.2, 0) is 21.4 Å². The van der Waals surface area contributed by atoms with Gasteiger partial charge in [0.15, 0.2) is 0 Å². The van der Waals surface area contributed by atoms with Crippen molar-refractivity contribution in [1.29, 1.82) is 0 Å². The zero-order valence-electron chi connectivity index (χ0n) is 13.4. The Labute approximate surface area is 146 Å². The molecule has 0 spiro atoms. The lowest BCUT2D eigenvalue weighted by Gasteiger charge is -2.34. The summed E-state index contributed by atoms with van der Waals surface area (Å²) >= 11 is 3.40. The van der Waals surface area contributed by atoms with Gasteiger partial charge in [-0.15, -0.1) is 0 Å². The fourth-order valence-electron chi connectivity index (χ4n) is 2.56. The minimum absolute atomic E-state index is 0.0396. The third-order valence-electron chi connectivity index (χ3n) is 3.83. The number of hydrogen-bond acceptors (Lipinski definition) is 4. The summed E-state index contributed by atoms with van der Waals surface area (Å²) in [6, 6.07) is 8.01. The number of piperazine rings is 1. The fraction of sp³-hybridized carbons (Fsp3) is 0.533. The van der Waals surface area contributed by atoms with Crippen molar-refractivity contribution in [3.05, 3.63) is 34.3 Å². The highest BCUT2D eigenvalue weighted by molar-refractivity contribution is 9.10. The molecule has 0 bridgehead atoms. The number of carbonyl (C=O) groups is 1. The zero-order valence-corrected chi connectivity index (χ0v) is 15.8. The maximum atomic E-state index is 12.3. The van der Waals surface area contributed by atoms with Crippen LogP contribution < -0.4 is 0 Å². The van der Waals surface area contributed by atoms with Crippen LogP contribution in [0.5, 0.6) is 0 Å². The predicted molar refractivity (Wildman–Crippen MR) is 93.5 cm³/mol. The molecule has 1 aliphatic rings. The predicted octanol–water partition coefficient (Wildman–Crippen LogP) is 0.985. The molecular weight excluding hydrogens is 382 g/mol. The monoisotopic (exact) mass is 403 g/mol. The molecule has 0 saturated carbocycles. The number of sulfonamides is 1. The molecule has 1 aliphatic heterocycles. The summed E-state index contributed by atoms with van der Waals surface area (Å²) in [5.74, 6) is 0.0396. The van der Waals surface area contributed by atoms with Crippen molar-refractivity contribution in [2.75, 3.05) is 46.0 Å². The van der Waals surface area contributed by atoms with Crippen LogP contribution in [0, 0.1) is 0 Å². The number of carbonyl (C=O) groups excluding carboxylic acids is 1. The molecule has 0 radical (unpaired) electrons. The lowest BCUT2D eigenvalue weighted by Crippen LogP contribution is -2.52. The van der Waals surface area contributed by atoms with Gasteiger partial charge >= 0.3 is 0 Å². The average Bonchev–Trinajstić information content (AvgIpc) is 2.49. The summed E-state index contributed by atoms with van der Waals surface area (Å²) in [5, 5.41) is 0. The molecule has 23 heavy (non-hydrogen) atoms. The maximum absolute atomic E-state index is 12.3. The number of amides is 1. The minimum Gasteiger partial charge on any atom is -0.339 e. The van der Waals surface area contributed by atoms with E-state index in [1.807, 2.05) is 36.2 Å². The number of nitrogens with zero attached hydrogens (tertiary/aromatic N) is 3. The van der Waals surface area contributed by atoms with E-state index in [1.165, 1.54) is 10.6 Å². The maximum Gasteiger partial charge on any atom is 0.236 e. The van der Waals surface area contributed by atoms with Gasteiger partial charge in [-0.1, -0.05) is 28.1 Å². The first kappa shape index (κ1) is 18.4. The van der Waals surface area contributed by atoms with Crippen LogP contribution in [0.2, 0.25) is 0 Å². The van der Waals surface area contributed by atoms with Crippen LogP contribution in [0.15, 0.2) is 28.7 Å². The van der Waals surface area contributed by atoms with Crippen molar-refractivity contribution in [2.24, 2.45) is 0 Å². The van der Waals surface area contributed by atoms with Crippen molar-refractivity contribution in [3.8, 4) is 0 Å². The molecule has 0 N–H and O–H groups in total. The Hall–Kier alpha value is -0.960. The van der Waals surface area contributed by atoms with Gasteiger partial charge in [-0.2, -0.15) is 4.31 Å². The molecule has 128 valence electrons. The van der Waals surface area contributed by atoms with Crippen LogP contribution in [0.25, 0.3) is 0 Å². The molecule has 1 heterocycles. The van der Waals surface area contributed by atoms with Gasteiger partial charge in [0.1, 0.15) is 0 Å². The van der Waals surface area contributed by atoms with Crippen molar-refractivity contribution < 1.29 is 13.2 Å². The SMILES string of the molecule is CN(CC(=O)N1CCN(S(C)(=O)=O)CC1)Cc1ccc(Br)cc1. The van der Waals surface area contributed by atoms with E-state index >= 15 is 0 Å². The molecule has 0 aromatic heterocycles. The molecule has 1 saturated heterocycles. The lowest BCUT2D eigenvalue weighted by atomic mass is 10.2. The van der Waals surface area contributed by atoms with Crippen molar-refractivity contribution >= 4 is 31.9 Å². The molecular formula is C15H22BrN3O3S. The quantitative estimate of drug-likeness (QED) is 0.735. The average molecular weight is 404 g/mol. The van der Waals surface area contributed by atoms with Crippen LogP contribution in [-0.4, -0.2) is 74.5 Å². The molecule has 0 atom stereocenters. The summed E-state index contributed by atoms with van der Waals surface area (Å²) in [6.45, 7) is 2.69. The largest absolute Gasteiger partial charge is 0.339 e. The van der Waals surface area contributed by atoms with E-state index in [4.69, 9.17) is 0 Å². The van der Waals surface area contributed by atoms with Gasteiger partial charge in [-0.05, 0) is 24.7 Å². The van der Waals surface area contributed by atoms with E-state index in [2.05, 4.69) is 15.9 Å². The van der Waals surface area contributed by atoms with E-state index in [0.717, 1.165) is 10.0 Å². The van der Waals surface area contributed by atoms with Gasteiger partial charge in [0, 0.05) is 37.2 Å². The van der Waals surface area contributed by atoms with Crippen molar-refractivity contribution in [1.82, 2.24) is 14.1 Å². The first-order valence-electron chi connectivity index (χ1n) is 7.41. The van der Waals surface area contributed by atoms with E-state index in [0.29, 0.717) is 39.3 Å². The second-order valence-corrected chi connectivity index (χ2v) is 8.74. The smallest absolute Gasteiger partial charge is 0.236 e. The Morgan fingerprint density at radius 2 is 1.74 bits per heavy atom. The van der Waals surface area contributed by atoms with Crippen molar-refractivity contribution in [2.45, 2.75) is 6.54 Å². The lowest BCUT2D eigenvalue weighted by molar-refractivity contribution is -0.133. The third kappa shape index (κ3) is 5.56. The molecule has 1 aromatic carbocycles. The number of hydrogen-bond donors (Lipinski definition) is 0. The standard InChI is InChI=1S/C15H22BrN3O3S/c1-17(11-13-3-5-14(16)6-4-13)12-15(20)18-7-9-19(10-8-18)23(2,21)22/h3-6H,7-12H2,1-2H3. The Balaban J connectivity index is 1.81. The number of benzene rings is 1. The molecule has 1 amide bonds. The molecule has 8 heteroatoms. The van der Waals surface area contributed by atoms with Gasteiger partial charge in [-0.25, -0.2) is 8.42 Å². The molecule has 6 nitrogen and oxygen atoms in total. The summed E-state index contributed by atoms with van der Waals surface area (Å²) in [5.41, 5.74) is 1.14. The zero-order chi connectivity index (χ0) is 17.0. The highest BCUT2D eigenvalue weighted by Gasteiger charge is 2.26. The van der Waals surface area contributed by atoms with Gasteiger partial charge in [0.25, 0.3) is 0 Å². The summed E-state index contributed by atoms with van der Waals surface area (Å²) < 4.78 is 25.4. The first-order chi connectivity index (χ1) is 10.8. The number of likely N-dealkylation sites (N-methyl/N-ethyl adjacent to an activating group) is 1. The van der Waals surface area contributed by atoms with Gasteiger partial charge in [-0.3, -0.25) is 9.69 Å². The summed E-state index contributed by atoms with van der Waals surface area (Å²) in [4.78, 5) is 16.0. The first-order valence-corrected chi connectivity index (χ1v) is 10.1. The van der Waals surface area contributed by atoms with E-state index in [-0.39, 0.29) is 5.91 Å². The van der Waals surface area contributed by atoms with Gasteiger partial charge in [0.05, 0.1) is 12.8 Å². The Kier molecular flexibility index (Phi) is 6.19. The van der Waals surface area contributed by atoms with Crippen molar-refractivity contribution in [3.63, 3.8) is 0 Å². The summed E-state index contributed by atoms with van der Waals surface area (Å²) in [6.07, 6.45) is 1.20. The Morgan fingerprint density at radius 3 is 2.26 bits per heavy atom. The topological polar surface area (TPSA) is 60.9 Å². The van der Waals surface area contributed by atoms with E-state index in [1.54, 1.807) is 4.90 Å². The fourth-order valence-corrected chi connectivity index (χ4v) is 3.65. The van der Waals surface area contributed by atoms with Crippen LogP contribution in [0.4, 0.5) is 0 Å². The minimum atomic E-state index is -3.16. The van der Waals surface area contributed by atoms with Crippen LogP contribution in [0.1, 0.15) is 5.56 Å². The molecule has 1 fully saturated rings. The van der Waals surface area contributed by atoms with Crippen LogP contribution >= 0.6 is 15.9 Å². The summed E-state index contributed by atoms with van der Waals surface area (Å²) in [7, 11) is -1.25. The number of halogens is 1. The molecule has 0 unspecified atom stereocenters. The normalized spacial score (nSPS) is 16.8. The highest BCUT2D eigenvalue weighted by atomic mass is 79.9. The number of rotatable bonds is 5. The Morgan fingerprint density at radius 1 is 1.17 bits per heavy atom. The van der Waals surface area contributed by atoms with E-state index < -0.39 is 10.0 Å². The van der Waals surface area contributed by atoms with Gasteiger partial charge < -0.3 is 4.90 Å². The third-order valence-corrected chi connectivity index (χ3v) is 5.66. The second-order valence-electron chi connectivity index (χ2n) is 5.84. The van der Waals surface area contributed by atoms with Crippen LogP contribution in [0.3, 0.4) is 0 Å². The Bertz CT molecular complexity index is 640. The van der Waals surface area contributed by atoms with Gasteiger partial charge in [0.2, 0.25) is 15.9 Å². The molecule has 2 rings (SSSR count). The van der Waals surface area contributed by atoms with E-state index in [9.17, 15) is 13.2 Å². The highest BCUT2D eigenvalue weighted by Crippen LogP contribution is 2.12.